The summed E-state index contributed by atoms with van der Waals surface area (Å²) in [5.41, 5.74) is 2.14. The van der Waals surface area contributed by atoms with Crippen molar-refractivity contribution in [1.82, 2.24) is 20.2 Å². The maximum atomic E-state index is 12.2. The highest BCUT2D eigenvalue weighted by Gasteiger charge is 2.25. The van der Waals surface area contributed by atoms with E-state index in [1.807, 2.05) is 18.2 Å². The number of amides is 2. The second-order valence-electron chi connectivity index (χ2n) is 5.64. The topological polar surface area (TPSA) is 101 Å². The minimum atomic E-state index is -0.240. The molecule has 0 saturated carbocycles. The number of urea groups is 1. The van der Waals surface area contributed by atoms with Crippen LogP contribution >= 0.6 is 0 Å². The molecule has 1 saturated heterocycles. The maximum Gasteiger partial charge on any atom is 0.323 e. The van der Waals surface area contributed by atoms with Gasteiger partial charge in [-0.1, -0.05) is 6.07 Å². The summed E-state index contributed by atoms with van der Waals surface area (Å²) in [6.45, 7) is 1.07. The van der Waals surface area contributed by atoms with Crippen LogP contribution in [0.3, 0.4) is 0 Å². The molecule has 0 aliphatic carbocycles. The lowest BCUT2D eigenvalue weighted by Crippen LogP contribution is -2.49. The fourth-order valence-electron chi connectivity index (χ4n) is 2.93. The van der Waals surface area contributed by atoms with Gasteiger partial charge in [0.1, 0.15) is 0 Å². The zero-order valence-corrected chi connectivity index (χ0v) is 12.3. The number of nitrogens with one attached hydrogen (secondary N) is 3. The summed E-state index contributed by atoms with van der Waals surface area (Å²) in [7, 11) is 0. The summed E-state index contributed by atoms with van der Waals surface area (Å²) in [5, 5.41) is 12.2. The number of carbonyl (C=O) groups is 1. The highest BCUT2D eigenvalue weighted by molar-refractivity contribution is 5.76. The Labute approximate surface area is 127 Å². The molecular weight excluding hydrogens is 284 g/mol. The van der Waals surface area contributed by atoms with E-state index in [-0.39, 0.29) is 24.4 Å². The summed E-state index contributed by atoms with van der Waals surface area (Å²) in [6.07, 6.45) is 2.87. The van der Waals surface area contributed by atoms with Gasteiger partial charge in [-0.15, -0.1) is 0 Å². The van der Waals surface area contributed by atoms with Crippen LogP contribution in [0, 0.1) is 0 Å². The Kier molecular flexibility index (Phi) is 4.15. The third-order valence-corrected chi connectivity index (χ3v) is 4.12. The van der Waals surface area contributed by atoms with Crippen molar-refractivity contribution in [2.45, 2.75) is 31.8 Å². The van der Waals surface area contributed by atoms with Gasteiger partial charge in [0.15, 0.2) is 0 Å². The first-order chi connectivity index (χ1) is 10.7. The molecule has 1 aliphatic rings. The number of nitrogens with zero attached hydrogens (tertiary/aromatic N) is 1. The van der Waals surface area contributed by atoms with Gasteiger partial charge < -0.3 is 25.3 Å². The fraction of sp³-hybridized carbons (Fsp3) is 0.467. The number of carbonyl (C=O) groups excluding carboxylic acids is 1. The molecule has 2 amide bonds. The van der Waals surface area contributed by atoms with Crippen LogP contribution in [0.1, 0.15) is 24.8 Å². The summed E-state index contributed by atoms with van der Waals surface area (Å²) in [5.74, 6) is 0. The number of aliphatic hydroxyl groups excluding tert-OH is 1. The SMILES string of the molecule is O=C(NCc1ccc2[nH]c(=O)[nH]c2c1)N1CCCC[C@H]1CO. The van der Waals surface area contributed by atoms with Gasteiger partial charge in [-0.05, 0) is 37.0 Å². The smallest absolute Gasteiger partial charge is 0.323 e. The number of likely N-dealkylation sites (tertiary alicyclic amines) is 1. The molecule has 0 unspecified atom stereocenters. The lowest BCUT2D eigenvalue weighted by molar-refractivity contribution is 0.108. The van der Waals surface area contributed by atoms with Crippen LogP contribution in [0.25, 0.3) is 11.0 Å². The van der Waals surface area contributed by atoms with Crippen LogP contribution in [-0.2, 0) is 6.54 Å². The molecule has 1 fully saturated rings. The number of fused-ring (bicyclic) bond motifs is 1. The first-order valence-corrected chi connectivity index (χ1v) is 7.53. The molecule has 22 heavy (non-hydrogen) atoms. The van der Waals surface area contributed by atoms with E-state index in [1.165, 1.54) is 0 Å². The first-order valence-electron chi connectivity index (χ1n) is 7.53. The van der Waals surface area contributed by atoms with Crippen molar-refractivity contribution >= 4 is 17.1 Å². The van der Waals surface area contributed by atoms with Gasteiger partial charge in [0, 0.05) is 13.1 Å². The predicted molar refractivity (Wildman–Crippen MR) is 82.6 cm³/mol. The highest BCUT2D eigenvalue weighted by Crippen LogP contribution is 2.17. The molecule has 1 atom stereocenters. The van der Waals surface area contributed by atoms with Crippen LogP contribution in [-0.4, -0.2) is 45.2 Å². The molecule has 1 aromatic heterocycles. The zero-order valence-electron chi connectivity index (χ0n) is 12.3. The van der Waals surface area contributed by atoms with Crippen molar-refractivity contribution in [2.75, 3.05) is 13.2 Å². The molecule has 2 heterocycles. The van der Waals surface area contributed by atoms with E-state index < -0.39 is 0 Å². The van der Waals surface area contributed by atoms with Crippen LogP contribution in [0.5, 0.6) is 0 Å². The van der Waals surface area contributed by atoms with Crippen molar-refractivity contribution in [3.05, 3.63) is 34.2 Å². The average Bonchev–Trinajstić information content (AvgIpc) is 2.91. The lowest BCUT2D eigenvalue weighted by atomic mass is 10.0. The van der Waals surface area contributed by atoms with Crippen LogP contribution < -0.4 is 11.0 Å². The van der Waals surface area contributed by atoms with E-state index in [0.717, 1.165) is 35.9 Å². The number of aliphatic hydroxyl groups is 1. The second kappa shape index (κ2) is 6.23. The normalized spacial score (nSPS) is 18.6. The Morgan fingerprint density at radius 2 is 2.14 bits per heavy atom. The number of aromatic amines is 2. The van der Waals surface area contributed by atoms with Crippen molar-refractivity contribution < 1.29 is 9.90 Å². The van der Waals surface area contributed by atoms with E-state index in [2.05, 4.69) is 15.3 Å². The Balaban J connectivity index is 1.65. The number of hydrogen-bond acceptors (Lipinski definition) is 3. The molecule has 118 valence electrons. The molecule has 4 N–H and O–H groups in total. The molecular formula is C15H20N4O3. The number of rotatable bonds is 3. The number of benzene rings is 1. The third-order valence-electron chi connectivity index (χ3n) is 4.12. The predicted octanol–water partition coefficient (Wildman–Crippen LogP) is 0.913. The monoisotopic (exact) mass is 304 g/mol. The molecule has 7 nitrogen and oxygen atoms in total. The van der Waals surface area contributed by atoms with Crippen molar-refractivity contribution in [3.8, 4) is 0 Å². The molecule has 3 rings (SSSR count). The largest absolute Gasteiger partial charge is 0.394 e. The number of hydrogen-bond donors (Lipinski definition) is 4. The van der Waals surface area contributed by atoms with E-state index in [4.69, 9.17) is 0 Å². The standard InChI is InChI=1S/C15H20N4O3/c20-9-11-3-1-2-6-19(11)15(22)16-8-10-4-5-12-13(7-10)18-14(21)17-12/h4-5,7,11,20H,1-3,6,8-9H2,(H,16,22)(H2,17,18,21)/t11-/m0/s1. The van der Waals surface area contributed by atoms with Gasteiger partial charge in [-0.3, -0.25) is 0 Å². The minimum absolute atomic E-state index is 0.00393. The van der Waals surface area contributed by atoms with Gasteiger partial charge in [0.05, 0.1) is 23.7 Å². The van der Waals surface area contributed by atoms with E-state index >= 15 is 0 Å². The Bertz CT molecular complexity index is 721. The zero-order chi connectivity index (χ0) is 15.5. The second-order valence-corrected chi connectivity index (χ2v) is 5.64. The molecule has 2 aromatic rings. The van der Waals surface area contributed by atoms with Crippen molar-refractivity contribution in [2.24, 2.45) is 0 Å². The number of aromatic nitrogens is 2. The van der Waals surface area contributed by atoms with Crippen LogP contribution in [0.15, 0.2) is 23.0 Å². The van der Waals surface area contributed by atoms with E-state index in [0.29, 0.717) is 13.1 Å². The molecule has 1 aromatic carbocycles. The molecule has 1 aliphatic heterocycles. The van der Waals surface area contributed by atoms with Gasteiger partial charge in [-0.2, -0.15) is 0 Å². The average molecular weight is 304 g/mol. The summed E-state index contributed by atoms with van der Waals surface area (Å²) < 4.78 is 0. The number of H-pyrrole nitrogens is 2. The van der Waals surface area contributed by atoms with Gasteiger partial charge in [0.25, 0.3) is 0 Å². The highest BCUT2D eigenvalue weighted by atomic mass is 16.3. The lowest BCUT2D eigenvalue weighted by Gasteiger charge is -2.34. The van der Waals surface area contributed by atoms with E-state index in [1.54, 1.807) is 4.90 Å². The summed E-state index contributed by atoms with van der Waals surface area (Å²) >= 11 is 0. The Morgan fingerprint density at radius 3 is 2.95 bits per heavy atom. The maximum absolute atomic E-state index is 12.2. The van der Waals surface area contributed by atoms with Gasteiger partial charge in [0.2, 0.25) is 0 Å². The molecule has 0 radical (unpaired) electrons. The van der Waals surface area contributed by atoms with Crippen molar-refractivity contribution in [1.29, 1.82) is 0 Å². The van der Waals surface area contributed by atoms with E-state index in [9.17, 15) is 14.7 Å². The molecule has 0 spiro atoms. The van der Waals surface area contributed by atoms with Gasteiger partial charge in [-0.25, -0.2) is 9.59 Å². The quantitative estimate of drug-likeness (QED) is 0.678. The summed E-state index contributed by atoms with van der Waals surface area (Å²) in [6, 6.07) is 5.28. The third kappa shape index (κ3) is 2.99. The number of imidazole rings is 1. The summed E-state index contributed by atoms with van der Waals surface area (Å²) in [4.78, 5) is 30.6. The first kappa shape index (κ1) is 14.6. The minimum Gasteiger partial charge on any atom is -0.394 e. The Hall–Kier alpha value is -2.28. The molecule has 7 heteroatoms. The fourth-order valence-corrected chi connectivity index (χ4v) is 2.93. The van der Waals surface area contributed by atoms with Crippen LogP contribution in [0.2, 0.25) is 0 Å². The van der Waals surface area contributed by atoms with Gasteiger partial charge >= 0.3 is 11.7 Å². The molecule has 0 bridgehead atoms. The van der Waals surface area contributed by atoms with Crippen LogP contribution in [0.4, 0.5) is 4.79 Å². The Morgan fingerprint density at radius 1 is 1.32 bits per heavy atom. The van der Waals surface area contributed by atoms with Crippen molar-refractivity contribution in [3.63, 3.8) is 0 Å². The number of piperidine rings is 1.